The quantitative estimate of drug-likeness (QED) is 0.0441. The van der Waals surface area contributed by atoms with Gasteiger partial charge in [0, 0.05) is 13.0 Å². The number of aliphatic carboxylic acids is 3. The molecule has 0 fully saturated rings. The van der Waals surface area contributed by atoms with E-state index in [4.69, 9.17) is 22.3 Å². The monoisotopic (exact) mass is 549 g/mol. The molecule has 12 N–H and O–H groups in total. The summed E-state index contributed by atoms with van der Waals surface area (Å²) in [6, 6.07) is -5.53. The molecule has 37 heavy (non-hydrogen) atoms. The minimum atomic E-state index is -1.65. The van der Waals surface area contributed by atoms with Crippen molar-refractivity contribution in [3.63, 3.8) is 0 Å². The molecule has 0 aliphatic carbocycles. The van der Waals surface area contributed by atoms with Crippen LogP contribution < -0.4 is 33.2 Å². The lowest BCUT2D eigenvalue weighted by Gasteiger charge is -2.24. The fourth-order valence-electron chi connectivity index (χ4n) is 2.88. The molecule has 0 rings (SSSR count). The minimum absolute atomic E-state index is 0.0487. The molecule has 0 saturated carbocycles. The third-order valence-corrected chi connectivity index (χ3v) is 5.47. The third kappa shape index (κ3) is 15.2. The van der Waals surface area contributed by atoms with E-state index in [2.05, 4.69) is 20.9 Å². The van der Waals surface area contributed by atoms with E-state index in [9.17, 15) is 39.0 Å². The van der Waals surface area contributed by atoms with E-state index in [0.717, 1.165) is 0 Å². The highest BCUT2D eigenvalue weighted by Crippen LogP contribution is 2.06. The molecule has 0 bridgehead atoms. The molecule has 210 valence electrons. The van der Waals surface area contributed by atoms with Crippen LogP contribution in [0.4, 0.5) is 0 Å². The van der Waals surface area contributed by atoms with Crippen molar-refractivity contribution < 1.29 is 44.1 Å². The number of aliphatic imine (C=N–C) groups is 1. The fraction of sp³-hybridized carbons (Fsp3) is 0.650. The first kappa shape index (κ1) is 33.4. The molecule has 0 aliphatic rings. The number of amides is 3. The van der Waals surface area contributed by atoms with Crippen molar-refractivity contribution in [1.29, 1.82) is 0 Å². The number of carboxylic acid groups (broad SMARTS) is 3. The first-order valence-corrected chi connectivity index (χ1v) is 12.5. The highest BCUT2D eigenvalue weighted by molar-refractivity contribution is 7.98. The Balaban J connectivity index is 5.60. The van der Waals surface area contributed by atoms with Crippen LogP contribution in [0, 0.1) is 0 Å². The van der Waals surface area contributed by atoms with Gasteiger partial charge in [-0.1, -0.05) is 0 Å². The Kier molecular flexibility index (Phi) is 16.0. The molecule has 0 saturated heterocycles. The minimum Gasteiger partial charge on any atom is -0.481 e. The Bertz CT molecular complexity index is 852. The number of carboxylic acids is 3. The molecule has 17 heteroatoms. The van der Waals surface area contributed by atoms with Crippen LogP contribution in [0.25, 0.3) is 0 Å². The number of hydrogen-bond acceptors (Lipinski definition) is 9. The Morgan fingerprint density at radius 3 is 1.89 bits per heavy atom. The fourth-order valence-corrected chi connectivity index (χ4v) is 3.35. The zero-order chi connectivity index (χ0) is 28.5. The number of nitrogens with zero attached hydrogens (tertiary/aromatic N) is 1. The second-order valence-corrected chi connectivity index (χ2v) is 8.87. The first-order chi connectivity index (χ1) is 17.3. The third-order valence-electron chi connectivity index (χ3n) is 4.82. The lowest BCUT2D eigenvalue weighted by atomic mass is 10.1. The Morgan fingerprint density at radius 1 is 0.811 bits per heavy atom. The Morgan fingerprint density at radius 2 is 1.38 bits per heavy atom. The maximum Gasteiger partial charge on any atom is 0.326 e. The molecular formula is C20H35N7O9S. The van der Waals surface area contributed by atoms with E-state index in [1.165, 1.54) is 11.8 Å². The second-order valence-electron chi connectivity index (χ2n) is 7.89. The van der Waals surface area contributed by atoms with E-state index in [-0.39, 0.29) is 38.2 Å². The van der Waals surface area contributed by atoms with Gasteiger partial charge in [0.15, 0.2) is 5.96 Å². The van der Waals surface area contributed by atoms with Gasteiger partial charge < -0.3 is 48.5 Å². The lowest BCUT2D eigenvalue weighted by Crippen LogP contribution is -2.57. The largest absolute Gasteiger partial charge is 0.481 e. The maximum absolute atomic E-state index is 12.9. The summed E-state index contributed by atoms with van der Waals surface area (Å²) in [6.45, 7) is 0.0851. The number of carbonyl (C=O) groups excluding carboxylic acids is 3. The van der Waals surface area contributed by atoms with Crippen LogP contribution in [0.2, 0.25) is 0 Å². The highest BCUT2D eigenvalue weighted by atomic mass is 32.2. The number of carbonyl (C=O) groups is 6. The van der Waals surface area contributed by atoms with Gasteiger partial charge in [0.25, 0.3) is 0 Å². The number of hydrogen-bond donors (Lipinski definition) is 9. The number of guanidine groups is 1. The van der Waals surface area contributed by atoms with Gasteiger partial charge in [0.1, 0.15) is 18.1 Å². The number of rotatable bonds is 19. The lowest BCUT2D eigenvalue weighted by molar-refractivity contribution is -0.144. The predicted molar refractivity (Wildman–Crippen MR) is 133 cm³/mol. The van der Waals surface area contributed by atoms with Gasteiger partial charge in [-0.25, -0.2) is 4.79 Å². The van der Waals surface area contributed by atoms with Gasteiger partial charge in [0.05, 0.1) is 12.5 Å². The van der Waals surface area contributed by atoms with Crippen LogP contribution in [0.1, 0.15) is 38.5 Å². The molecule has 0 aromatic carbocycles. The summed E-state index contributed by atoms with van der Waals surface area (Å²) < 4.78 is 0. The number of nitrogens with one attached hydrogen (secondary N) is 3. The highest BCUT2D eigenvalue weighted by Gasteiger charge is 2.31. The van der Waals surface area contributed by atoms with E-state index < -0.39 is 72.6 Å². The van der Waals surface area contributed by atoms with Crippen molar-refractivity contribution >= 4 is 53.4 Å². The summed E-state index contributed by atoms with van der Waals surface area (Å²) >= 11 is 1.35. The topological polar surface area (TPSA) is 290 Å². The molecule has 16 nitrogen and oxygen atoms in total. The summed E-state index contributed by atoms with van der Waals surface area (Å²) in [4.78, 5) is 75.2. The van der Waals surface area contributed by atoms with E-state index in [1.807, 2.05) is 0 Å². The molecule has 0 aliphatic heterocycles. The molecule has 4 atom stereocenters. The zero-order valence-electron chi connectivity index (χ0n) is 20.3. The standard InChI is InChI=1S/C20H35N7O9S/c1-37-8-6-12(19(35)36)26-18(34)13(9-15(30)31)27-17(33)11(3-2-7-24-20(22)23)25-16(32)10(21)4-5-14(28)29/h10-13H,2-9,21H2,1H3,(H,25,32)(H,26,34)(H,27,33)(H,28,29)(H,30,31)(H,35,36)(H4,22,23,24). The summed E-state index contributed by atoms with van der Waals surface area (Å²) in [5.74, 6) is -6.56. The van der Waals surface area contributed by atoms with Crippen molar-refractivity contribution in [2.75, 3.05) is 18.6 Å². The molecule has 0 aromatic rings. The smallest absolute Gasteiger partial charge is 0.326 e. The van der Waals surface area contributed by atoms with Crippen LogP contribution in [-0.4, -0.2) is 99.6 Å². The van der Waals surface area contributed by atoms with Crippen LogP contribution in [-0.2, 0) is 28.8 Å². The number of thioether (sulfide) groups is 1. The first-order valence-electron chi connectivity index (χ1n) is 11.2. The molecule has 3 amide bonds. The molecule has 0 heterocycles. The van der Waals surface area contributed by atoms with Gasteiger partial charge in [-0.15, -0.1) is 0 Å². The van der Waals surface area contributed by atoms with Crippen LogP contribution in [0.15, 0.2) is 4.99 Å². The Hall–Kier alpha value is -3.60. The van der Waals surface area contributed by atoms with E-state index in [1.54, 1.807) is 6.26 Å². The van der Waals surface area contributed by atoms with Gasteiger partial charge in [-0.2, -0.15) is 11.8 Å². The summed E-state index contributed by atoms with van der Waals surface area (Å²) in [6.07, 6.45) is 0.480. The summed E-state index contributed by atoms with van der Waals surface area (Å²) in [5, 5.41) is 34.1. The van der Waals surface area contributed by atoms with Crippen LogP contribution in [0.5, 0.6) is 0 Å². The van der Waals surface area contributed by atoms with Gasteiger partial charge in [0.2, 0.25) is 17.7 Å². The van der Waals surface area contributed by atoms with Gasteiger partial charge in [-0.3, -0.25) is 29.0 Å². The zero-order valence-corrected chi connectivity index (χ0v) is 21.2. The van der Waals surface area contributed by atoms with E-state index in [0.29, 0.717) is 5.75 Å². The van der Waals surface area contributed by atoms with Gasteiger partial charge >= 0.3 is 17.9 Å². The average molecular weight is 550 g/mol. The van der Waals surface area contributed by atoms with Crippen LogP contribution >= 0.6 is 11.8 Å². The predicted octanol–water partition coefficient (Wildman–Crippen LogP) is -3.00. The van der Waals surface area contributed by atoms with Crippen molar-refractivity contribution in [2.24, 2.45) is 22.2 Å². The van der Waals surface area contributed by atoms with Crippen molar-refractivity contribution in [3.05, 3.63) is 0 Å². The molecular weight excluding hydrogens is 514 g/mol. The Labute approximate surface area is 217 Å². The van der Waals surface area contributed by atoms with Gasteiger partial charge in [-0.05, 0) is 37.7 Å². The molecule has 0 radical (unpaired) electrons. The number of nitrogens with two attached hydrogens (primary N) is 3. The SMILES string of the molecule is CSCCC(NC(=O)C(CC(=O)O)NC(=O)C(CCCN=C(N)N)NC(=O)C(N)CCC(=O)O)C(=O)O. The van der Waals surface area contributed by atoms with Crippen LogP contribution in [0.3, 0.4) is 0 Å². The van der Waals surface area contributed by atoms with Crippen molar-refractivity contribution in [2.45, 2.75) is 62.7 Å². The molecule has 0 spiro atoms. The average Bonchev–Trinajstić information content (AvgIpc) is 2.80. The summed E-state index contributed by atoms with van der Waals surface area (Å²) in [7, 11) is 0. The molecule has 4 unspecified atom stereocenters. The maximum atomic E-state index is 12.9. The normalized spacial score (nSPS) is 13.8. The second kappa shape index (κ2) is 17.8. The van der Waals surface area contributed by atoms with Crippen molar-refractivity contribution in [1.82, 2.24) is 16.0 Å². The van der Waals surface area contributed by atoms with E-state index >= 15 is 0 Å². The summed E-state index contributed by atoms with van der Waals surface area (Å²) in [5.41, 5.74) is 16.2. The van der Waals surface area contributed by atoms with Crippen molar-refractivity contribution in [3.8, 4) is 0 Å². The molecule has 0 aromatic heterocycles.